The monoisotopic (exact) mass is 230 g/mol. The second-order valence-corrected chi connectivity index (χ2v) is 4.64. The first-order valence-corrected chi connectivity index (χ1v) is 6.51. The molecule has 0 aromatic carbocycles. The van der Waals surface area contributed by atoms with Crippen LogP contribution in [-0.2, 0) is 9.53 Å². The van der Waals surface area contributed by atoms with Gasteiger partial charge in [-0.25, -0.2) is 4.79 Å². The van der Waals surface area contributed by atoms with E-state index in [-0.39, 0.29) is 0 Å². The Labute approximate surface area is 94.9 Å². The summed E-state index contributed by atoms with van der Waals surface area (Å²) in [5, 5.41) is 8.78. The van der Waals surface area contributed by atoms with Gasteiger partial charge >= 0.3 is 5.97 Å². The Morgan fingerprint density at radius 3 is 3.00 bits per heavy atom. The summed E-state index contributed by atoms with van der Waals surface area (Å²) in [6.45, 7) is 2.75. The molecule has 1 atom stereocenters. The first-order chi connectivity index (χ1) is 7.24. The lowest BCUT2D eigenvalue weighted by Gasteiger charge is -2.07. The molecule has 3 nitrogen and oxygen atoms in total. The molecule has 0 bridgehead atoms. The molecule has 0 saturated carbocycles. The summed E-state index contributed by atoms with van der Waals surface area (Å²) in [6.07, 6.45) is 5.10. The van der Waals surface area contributed by atoms with Gasteiger partial charge in [-0.05, 0) is 19.3 Å². The molecule has 0 radical (unpaired) electrons. The zero-order valence-electron chi connectivity index (χ0n) is 9.07. The number of rotatable bonds is 6. The van der Waals surface area contributed by atoms with Crippen molar-refractivity contribution in [2.24, 2.45) is 0 Å². The minimum Gasteiger partial charge on any atom is -0.478 e. The van der Waals surface area contributed by atoms with Crippen LogP contribution in [0.2, 0.25) is 0 Å². The maximum atomic E-state index is 10.7. The summed E-state index contributed by atoms with van der Waals surface area (Å²) in [5.74, 6) is 0.956. The normalized spacial score (nSPS) is 21.9. The van der Waals surface area contributed by atoms with Gasteiger partial charge in [0, 0.05) is 23.7 Å². The second-order valence-electron chi connectivity index (χ2n) is 3.56. The predicted molar refractivity (Wildman–Crippen MR) is 62.3 cm³/mol. The molecule has 0 aliphatic carbocycles. The Bertz CT molecular complexity index is 232. The van der Waals surface area contributed by atoms with E-state index in [1.807, 2.05) is 13.0 Å². The molecule has 1 unspecified atom stereocenters. The van der Waals surface area contributed by atoms with Crippen molar-refractivity contribution in [3.63, 3.8) is 0 Å². The molecule has 1 heterocycles. The SMILES string of the molecule is CCC(=CCSCC1CCCO1)C(=O)O. The number of hydrogen-bond acceptors (Lipinski definition) is 3. The third kappa shape index (κ3) is 4.71. The van der Waals surface area contributed by atoms with Gasteiger partial charge < -0.3 is 9.84 Å². The number of carboxylic acids is 1. The summed E-state index contributed by atoms with van der Waals surface area (Å²) in [7, 11) is 0. The zero-order chi connectivity index (χ0) is 11.1. The molecule has 86 valence electrons. The number of aliphatic carboxylic acids is 1. The van der Waals surface area contributed by atoms with Crippen LogP contribution in [0.15, 0.2) is 11.6 Å². The van der Waals surface area contributed by atoms with Crippen LogP contribution in [0.5, 0.6) is 0 Å². The average Bonchev–Trinajstić information content (AvgIpc) is 2.70. The average molecular weight is 230 g/mol. The van der Waals surface area contributed by atoms with Crippen molar-refractivity contribution >= 4 is 17.7 Å². The molecule has 0 spiro atoms. The van der Waals surface area contributed by atoms with Crippen LogP contribution in [0, 0.1) is 0 Å². The largest absolute Gasteiger partial charge is 0.478 e. The van der Waals surface area contributed by atoms with E-state index in [0.29, 0.717) is 18.1 Å². The lowest BCUT2D eigenvalue weighted by Crippen LogP contribution is -2.08. The zero-order valence-corrected chi connectivity index (χ0v) is 9.89. The second kappa shape index (κ2) is 6.90. The third-order valence-corrected chi connectivity index (χ3v) is 3.44. The Balaban J connectivity index is 2.16. The Kier molecular flexibility index (Phi) is 5.79. The van der Waals surface area contributed by atoms with Gasteiger partial charge in [0.2, 0.25) is 0 Å². The fraction of sp³-hybridized carbons (Fsp3) is 0.727. The summed E-state index contributed by atoms with van der Waals surface area (Å²) in [5.41, 5.74) is 0.509. The molecule has 1 N–H and O–H groups in total. The molecule has 0 amide bonds. The number of thioether (sulfide) groups is 1. The van der Waals surface area contributed by atoms with Gasteiger partial charge in [0.05, 0.1) is 6.10 Å². The summed E-state index contributed by atoms with van der Waals surface area (Å²) in [4.78, 5) is 10.7. The quantitative estimate of drug-likeness (QED) is 0.562. The molecular weight excluding hydrogens is 212 g/mol. The minimum absolute atomic E-state index is 0.387. The first kappa shape index (κ1) is 12.6. The van der Waals surface area contributed by atoms with Crippen molar-refractivity contribution in [1.82, 2.24) is 0 Å². The van der Waals surface area contributed by atoms with E-state index >= 15 is 0 Å². The summed E-state index contributed by atoms with van der Waals surface area (Å²) >= 11 is 1.75. The number of ether oxygens (including phenoxy) is 1. The predicted octanol–water partition coefficient (Wildman–Crippen LogP) is 2.32. The van der Waals surface area contributed by atoms with E-state index in [1.54, 1.807) is 11.8 Å². The molecular formula is C11H18O3S. The standard InChI is InChI=1S/C11H18O3S/c1-2-9(11(12)13)5-7-15-8-10-4-3-6-14-10/h5,10H,2-4,6-8H2,1H3,(H,12,13). The van der Waals surface area contributed by atoms with Gasteiger partial charge in [0.15, 0.2) is 0 Å². The van der Waals surface area contributed by atoms with Crippen molar-refractivity contribution < 1.29 is 14.6 Å². The number of carboxylic acid groups (broad SMARTS) is 1. The lowest BCUT2D eigenvalue weighted by atomic mass is 10.2. The van der Waals surface area contributed by atoms with Crippen molar-refractivity contribution in [3.8, 4) is 0 Å². The molecule has 4 heteroatoms. The van der Waals surface area contributed by atoms with Gasteiger partial charge in [-0.15, -0.1) is 0 Å². The Morgan fingerprint density at radius 1 is 1.67 bits per heavy atom. The van der Waals surface area contributed by atoms with Crippen LogP contribution in [-0.4, -0.2) is 35.3 Å². The molecule has 1 aliphatic heterocycles. The lowest BCUT2D eigenvalue weighted by molar-refractivity contribution is -0.132. The molecule has 1 aliphatic rings. The molecule has 1 saturated heterocycles. The molecule has 15 heavy (non-hydrogen) atoms. The van der Waals surface area contributed by atoms with Crippen LogP contribution in [0.4, 0.5) is 0 Å². The van der Waals surface area contributed by atoms with E-state index in [1.165, 1.54) is 0 Å². The van der Waals surface area contributed by atoms with Crippen molar-refractivity contribution in [2.75, 3.05) is 18.1 Å². The van der Waals surface area contributed by atoms with Crippen molar-refractivity contribution in [2.45, 2.75) is 32.3 Å². The van der Waals surface area contributed by atoms with Gasteiger partial charge in [0.1, 0.15) is 0 Å². The smallest absolute Gasteiger partial charge is 0.331 e. The van der Waals surface area contributed by atoms with Gasteiger partial charge in [-0.2, -0.15) is 11.8 Å². The highest BCUT2D eigenvalue weighted by Gasteiger charge is 2.14. The van der Waals surface area contributed by atoms with Crippen LogP contribution < -0.4 is 0 Å². The van der Waals surface area contributed by atoms with E-state index < -0.39 is 5.97 Å². The van der Waals surface area contributed by atoms with Crippen LogP contribution >= 0.6 is 11.8 Å². The minimum atomic E-state index is -0.796. The van der Waals surface area contributed by atoms with Crippen LogP contribution in [0.3, 0.4) is 0 Å². The highest BCUT2D eigenvalue weighted by molar-refractivity contribution is 7.99. The van der Waals surface area contributed by atoms with Crippen LogP contribution in [0.25, 0.3) is 0 Å². The first-order valence-electron chi connectivity index (χ1n) is 5.35. The number of carbonyl (C=O) groups is 1. The van der Waals surface area contributed by atoms with E-state index in [0.717, 1.165) is 31.0 Å². The van der Waals surface area contributed by atoms with Crippen molar-refractivity contribution in [1.29, 1.82) is 0 Å². The Morgan fingerprint density at radius 2 is 2.47 bits per heavy atom. The van der Waals surface area contributed by atoms with E-state index in [4.69, 9.17) is 9.84 Å². The Hall–Kier alpha value is -0.480. The van der Waals surface area contributed by atoms with E-state index in [9.17, 15) is 4.79 Å². The number of hydrogen-bond donors (Lipinski definition) is 1. The topological polar surface area (TPSA) is 46.5 Å². The maximum absolute atomic E-state index is 10.7. The maximum Gasteiger partial charge on any atom is 0.331 e. The van der Waals surface area contributed by atoms with E-state index in [2.05, 4.69) is 0 Å². The fourth-order valence-corrected chi connectivity index (χ4v) is 2.50. The van der Waals surface area contributed by atoms with Gasteiger partial charge in [-0.1, -0.05) is 13.0 Å². The highest BCUT2D eigenvalue weighted by Crippen LogP contribution is 2.17. The molecule has 0 aromatic rings. The molecule has 0 aromatic heterocycles. The summed E-state index contributed by atoms with van der Waals surface area (Å²) in [6, 6.07) is 0. The highest BCUT2D eigenvalue weighted by atomic mass is 32.2. The fourth-order valence-electron chi connectivity index (χ4n) is 1.52. The molecule has 1 fully saturated rings. The van der Waals surface area contributed by atoms with Crippen molar-refractivity contribution in [3.05, 3.63) is 11.6 Å². The van der Waals surface area contributed by atoms with Crippen LogP contribution in [0.1, 0.15) is 26.2 Å². The molecule has 1 rings (SSSR count). The van der Waals surface area contributed by atoms with Gasteiger partial charge in [0.25, 0.3) is 0 Å². The summed E-state index contributed by atoms with van der Waals surface area (Å²) < 4.78 is 5.48. The third-order valence-electron chi connectivity index (χ3n) is 2.43. The van der Waals surface area contributed by atoms with Gasteiger partial charge in [-0.3, -0.25) is 0 Å².